The third kappa shape index (κ3) is 4.64. The number of hydrogen-bond acceptors (Lipinski definition) is 3. The summed E-state index contributed by atoms with van der Waals surface area (Å²) in [6, 6.07) is 12.4. The minimum absolute atomic E-state index is 0.193. The minimum Gasteiger partial charge on any atom is -0.449 e. The summed E-state index contributed by atoms with van der Waals surface area (Å²) in [6.45, 7) is 3.53. The number of aryl methyl sites for hydroxylation is 1. The van der Waals surface area contributed by atoms with E-state index in [1.165, 1.54) is 24.6 Å². The van der Waals surface area contributed by atoms with Crippen molar-refractivity contribution in [2.24, 2.45) is 0 Å². The second-order valence-electron chi connectivity index (χ2n) is 5.09. The Morgan fingerprint density at radius 3 is 2.26 bits per heavy atom. The summed E-state index contributed by atoms with van der Waals surface area (Å²) < 4.78 is 17.9. The molecular formula is C18H18FNO3. The lowest BCUT2D eigenvalue weighted by atomic mass is 10.1. The van der Waals surface area contributed by atoms with E-state index in [9.17, 15) is 14.0 Å². The van der Waals surface area contributed by atoms with Gasteiger partial charge in [-0.05, 0) is 55.3 Å². The molecule has 23 heavy (non-hydrogen) atoms. The molecule has 0 fully saturated rings. The molecule has 0 heterocycles. The van der Waals surface area contributed by atoms with Crippen LogP contribution in [0.25, 0.3) is 0 Å². The Kier molecular flexibility index (Phi) is 5.46. The van der Waals surface area contributed by atoms with Crippen molar-refractivity contribution in [2.75, 3.05) is 5.32 Å². The van der Waals surface area contributed by atoms with E-state index in [4.69, 9.17) is 4.74 Å². The lowest BCUT2D eigenvalue weighted by Gasteiger charge is -2.13. The number of amides is 1. The Hall–Kier alpha value is -2.69. The molecule has 0 aliphatic heterocycles. The van der Waals surface area contributed by atoms with Gasteiger partial charge in [-0.3, -0.25) is 4.79 Å². The molecule has 1 atom stereocenters. The number of carbonyl (C=O) groups is 2. The molecule has 0 aliphatic rings. The number of anilines is 1. The zero-order chi connectivity index (χ0) is 16.8. The predicted octanol–water partition coefficient (Wildman–Crippen LogP) is 3.57. The van der Waals surface area contributed by atoms with E-state index in [1.807, 2.05) is 19.1 Å². The highest BCUT2D eigenvalue weighted by Gasteiger charge is 2.19. The molecule has 1 amide bonds. The molecule has 2 aromatic carbocycles. The quantitative estimate of drug-likeness (QED) is 0.858. The molecule has 0 aromatic heterocycles. The van der Waals surface area contributed by atoms with Crippen LogP contribution in [0.2, 0.25) is 0 Å². The number of nitrogens with one attached hydrogen (secondary N) is 1. The second kappa shape index (κ2) is 7.54. The van der Waals surface area contributed by atoms with Crippen LogP contribution in [0.3, 0.4) is 0 Å². The van der Waals surface area contributed by atoms with Crippen LogP contribution in [0.15, 0.2) is 48.5 Å². The molecule has 4 nitrogen and oxygen atoms in total. The molecule has 0 aliphatic carbocycles. The summed E-state index contributed by atoms with van der Waals surface area (Å²) in [5.41, 5.74) is 1.99. The van der Waals surface area contributed by atoms with Crippen LogP contribution in [0.1, 0.15) is 29.8 Å². The molecule has 0 saturated heterocycles. The number of ether oxygens (including phenoxy) is 1. The summed E-state index contributed by atoms with van der Waals surface area (Å²) in [5.74, 6) is -1.54. The van der Waals surface area contributed by atoms with Gasteiger partial charge in [-0.2, -0.15) is 0 Å². The first-order valence-corrected chi connectivity index (χ1v) is 7.36. The normalized spacial score (nSPS) is 11.6. The van der Waals surface area contributed by atoms with Crippen LogP contribution in [0, 0.1) is 5.82 Å². The molecule has 1 N–H and O–H groups in total. The average molecular weight is 315 g/mol. The van der Waals surface area contributed by atoms with Crippen molar-refractivity contribution < 1.29 is 18.7 Å². The Morgan fingerprint density at radius 1 is 1.09 bits per heavy atom. The molecule has 2 aromatic rings. The highest BCUT2D eigenvalue weighted by atomic mass is 19.1. The molecule has 1 unspecified atom stereocenters. The van der Waals surface area contributed by atoms with Crippen molar-refractivity contribution in [1.82, 2.24) is 0 Å². The van der Waals surface area contributed by atoms with Gasteiger partial charge in [-0.15, -0.1) is 0 Å². The molecule has 2 rings (SSSR count). The van der Waals surface area contributed by atoms with Gasteiger partial charge in [0.15, 0.2) is 6.10 Å². The van der Waals surface area contributed by atoms with Crippen molar-refractivity contribution in [3.63, 3.8) is 0 Å². The Morgan fingerprint density at radius 2 is 1.70 bits per heavy atom. The van der Waals surface area contributed by atoms with E-state index in [0.717, 1.165) is 18.6 Å². The Bertz CT molecular complexity index is 680. The SMILES string of the molecule is CCc1ccc(NC(=O)C(C)OC(=O)c2ccc(F)cc2)cc1. The molecule has 5 heteroatoms. The van der Waals surface area contributed by atoms with Crippen molar-refractivity contribution in [2.45, 2.75) is 26.4 Å². The lowest BCUT2D eigenvalue weighted by Crippen LogP contribution is -2.30. The van der Waals surface area contributed by atoms with Gasteiger partial charge in [0.25, 0.3) is 5.91 Å². The van der Waals surface area contributed by atoms with Crippen LogP contribution >= 0.6 is 0 Å². The van der Waals surface area contributed by atoms with Gasteiger partial charge >= 0.3 is 5.97 Å². The van der Waals surface area contributed by atoms with Crippen LogP contribution in [0.5, 0.6) is 0 Å². The maximum atomic E-state index is 12.8. The molecule has 120 valence electrons. The van der Waals surface area contributed by atoms with E-state index in [2.05, 4.69) is 5.32 Å². The molecule has 0 radical (unpaired) electrons. The van der Waals surface area contributed by atoms with Gasteiger partial charge < -0.3 is 10.1 Å². The van der Waals surface area contributed by atoms with E-state index in [0.29, 0.717) is 5.69 Å². The summed E-state index contributed by atoms with van der Waals surface area (Å²) in [6.07, 6.45) is -0.0432. The van der Waals surface area contributed by atoms with Gasteiger partial charge in [0.05, 0.1) is 5.56 Å². The molecule has 0 bridgehead atoms. The van der Waals surface area contributed by atoms with Gasteiger partial charge in [0.2, 0.25) is 0 Å². The zero-order valence-electron chi connectivity index (χ0n) is 13.0. The van der Waals surface area contributed by atoms with E-state index < -0.39 is 23.8 Å². The number of halogens is 1. The summed E-state index contributed by atoms with van der Waals surface area (Å²) in [4.78, 5) is 23.9. The highest BCUT2D eigenvalue weighted by molar-refractivity contribution is 5.97. The second-order valence-corrected chi connectivity index (χ2v) is 5.09. The maximum Gasteiger partial charge on any atom is 0.338 e. The monoisotopic (exact) mass is 315 g/mol. The third-order valence-electron chi connectivity index (χ3n) is 3.36. The average Bonchev–Trinajstić information content (AvgIpc) is 2.56. The van der Waals surface area contributed by atoms with E-state index in [1.54, 1.807) is 12.1 Å². The van der Waals surface area contributed by atoms with Gasteiger partial charge in [-0.25, -0.2) is 9.18 Å². The van der Waals surface area contributed by atoms with Gasteiger partial charge in [0.1, 0.15) is 5.82 Å². The highest BCUT2D eigenvalue weighted by Crippen LogP contribution is 2.12. The minimum atomic E-state index is -0.960. The van der Waals surface area contributed by atoms with Crippen LogP contribution in [-0.4, -0.2) is 18.0 Å². The maximum absolute atomic E-state index is 12.8. The van der Waals surface area contributed by atoms with Crippen LogP contribution in [0.4, 0.5) is 10.1 Å². The standard InChI is InChI=1S/C18H18FNO3/c1-3-13-4-10-16(11-5-13)20-17(21)12(2)23-18(22)14-6-8-15(19)9-7-14/h4-12H,3H2,1-2H3,(H,20,21). The molecular weight excluding hydrogens is 297 g/mol. The smallest absolute Gasteiger partial charge is 0.338 e. The Labute approximate surface area is 134 Å². The van der Waals surface area contributed by atoms with Gasteiger partial charge in [-0.1, -0.05) is 19.1 Å². The molecule has 0 spiro atoms. The number of benzene rings is 2. The fraction of sp³-hybridized carbons (Fsp3) is 0.222. The largest absolute Gasteiger partial charge is 0.449 e. The topological polar surface area (TPSA) is 55.4 Å². The van der Waals surface area contributed by atoms with Crippen molar-refractivity contribution >= 4 is 17.6 Å². The first kappa shape index (κ1) is 16.7. The van der Waals surface area contributed by atoms with Crippen molar-refractivity contribution in [1.29, 1.82) is 0 Å². The summed E-state index contributed by atoms with van der Waals surface area (Å²) in [5, 5.41) is 2.68. The molecule has 0 saturated carbocycles. The summed E-state index contributed by atoms with van der Waals surface area (Å²) in [7, 11) is 0. The number of hydrogen-bond donors (Lipinski definition) is 1. The zero-order valence-corrected chi connectivity index (χ0v) is 13.0. The fourth-order valence-electron chi connectivity index (χ4n) is 1.94. The number of rotatable bonds is 5. The van der Waals surface area contributed by atoms with Crippen LogP contribution in [-0.2, 0) is 16.0 Å². The van der Waals surface area contributed by atoms with Crippen molar-refractivity contribution in [3.05, 3.63) is 65.5 Å². The third-order valence-corrected chi connectivity index (χ3v) is 3.36. The van der Waals surface area contributed by atoms with E-state index in [-0.39, 0.29) is 5.56 Å². The lowest BCUT2D eigenvalue weighted by molar-refractivity contribution is -0.123. The first-order valence-electron chi connectivity index (χ1n) is 7.36. The Balaban J connectivity index is 1.93. The van der Waals surface area contributed by atoms with Gasteiger partial charge in [0, 0.05) is 5.69 Å². The number of carbonyl (C=O) groups excluding carboxylic acids is 2. The predicted molar refractivity (Wildman–Crippen MR) is 85.7 cm³/mol. The number of esters is 1. The fourth-order valence-corrected chi connectivity index (χ4v) is 1.94. The van der Waals surface area contributed by atoms with Crippen molar-refractivity contribution in [3.8, 4) is 0 Å². The van der Waals surface area contributed by atoms with E-state index >= 15 is 0 Å². The van der Waals surface area contributed by atoms with Crippen LogP contribution < -0.4 is 5.32 Å². The first-order chi connectivity index (χ1) is 11.0. The summed E-state index contributed by atoms with van der Waals surface area (Å²) >= 11 is 0.